The smallest absolute Gasteiger partial charge is 0.253 e. The van der Waals surface area contributed by atoms with Crippen LogP contribution in [0.5, 0.6) is 0 Å². The number of anilines is 2. The summed E-state index contributed by atoms with van der Waals surface area (Å²) >= 11 is 0. The second-order valence-electron chi connectivity index (χ2n) is 7.77. The molecule has 2 aliphatic rings. The standard InChI is InChI=1S/C24H25N5O2/c1-26-20-10-6-7-11-21(20)27(2)23(26)19(16-25)22(30)17-28-12-14-29(15-13-28)24(31)18-8-4-3-5-9-18/h3-11H,12-15,17H2,1-2H3. The van der Waals surface area contributed by atoms with Crippen molar-refractivity contribution in [1.82, 2.24) is 9.80 Å². The number of Topliss-reactive ketones (excluding diaryl/α,β-unsaturated/α-hetero) is 1. The summed E-state index contributed by atoms with van der Waals surface area (Å²) in [6, 6.07) is 19.2. The Kier molecular flexibility index (Phi) is 5.74. The molecule has 2 heterocycles. The third-order valence-electron chi connectivity index (χ3n) is 5.90. The summed E-state index contributed by atoms with van der Waals surface area (Å²) in [4.78, 5) is 33.3. The first kappa shape index (κ1) is 20.6. The second kappa shape index (κ2) is 8.62. The molecular weight excluding hydrogens is 390 g/mol. The highest BCUT2D eigenvalue weighted by atomic mass is 16.2. The molecule has 0 unspecified atom stereocenters. The fourth-order valence-corrected chi connectivity index (χ4v) is 4.21. The Balaban J connectivity index is 1.43. The maximum atomic E-state index is 13.1. The van der Waals surface area contributed by atoms with E-state index in [1.807, 2.05) is 88.3 Å². The van der Waals surface area contributed by atoms with Gasteiger partial charge < -0.3 is 14.7 Å². The molecule has 7 nitrogen and oxygen atoms in total. The average Bonchev–Trinajstić information content (AvgIpc) is 3.06. The lowest BCUT2D eigenvalue weighted by Gasteiger charge is -2.34. The third-order valence-corrected chi connectivity index (χ3v) is 5.90. The average molecular weight is 415 g/mol. The van der Waals surface area contributed by atoms with E-state index in [-0.39, 0.29) is 23.8 Å². The molecule has 0 atom stereocenters. The molecule has 4 rings (SSSR count). The van der Waals surface area contributed by atoms with Crippen LogP contribution in [0.25, 0.3) is 0 Å². The normalized spacial score (nSPS) is 16.2. The molecule has 0 aromatic heterocycles. The highest BCUT2D eigenvalue weighted by Gasteiger charge is 2.32. The number of amides is 1. The van der Waals surface area contributed by atoms with E-state index in [0.29, 0.717) is 37.6 Å². The number of para-hydroxylation sites is 2. The predicted octanol–water partition coefficient (Wildman–Crippen LogP) is 2.33. The number of hydrogen-bond acceptors (Lipinski definition) is 6. The molecule has 0 aliphatic carbocycles. The van der Waals surface area contributed by atoms with Crippen LogP contribution in [0.2, 0.25) is 0 Å². The number of carbonyl (C=O) groups excluding carboxylic acids is 2. The van der Waals surface area contributed by atoms with Gasteiger partial charge in [0, 0.05) is 45.8 Å². The molecule has 0 bridgehead atoms. The number of piperazine rings is 1. The molecule has 7 heteroatoms. The summed E-state index contributed by atoms with van der Waals surface area (Å²) in [7, 11) is 3.74. The first-order valence-electron chi connectivity index (χ1n) is 10.3. The van der Waals surface area contributed by atoms with E-state index >= 15 is 0 Å². The molecule has 0 radical (unpaired) electrons. The van der Waals surface area contributed by atoms with Crippen LogP contribution in [-0.4, -0.2) is 68.3 Å². The van der Waals surface area contributed by atoms with Crippen molar-refractivity contribution in [3.05, 3.63) is 71.6 Å². The van der Waals surface area contributed by atoms with E-state index in [9.17, 15) is 14.9 Å². The summed E-state index contributed by atoms with van der Waals surface area (Å²) < 4.78 is 0. The summed E-state index contributed by atoms with van der Waals surface area (Å²) in [5.41, 5.74) is 2.77. The van der Waals surface area contributed by atoms with E-state index in [4.69, 9.17) is 0 Å². The van der Waals surface area contributed by atoms with Crippen molar-refractivity contribution in [2.24, 2.45) is 0 Å². The molecule has 1 fully saturated rings. The van der Waals surface area contributed by atoms with Gasteiger partial charge in [-0.05, 0) is 24.3 Å². The summed E-state index contributed by atoms with van der Waals surface area (Å²) in [6.45, 7) is 2.49. The van der Waals surface area contributed by atoms with Crippen LogP contribution >= 0.6 is 0 Å². The van der Waals surface area contributed by atoms with Gasteiger partial charge in [-0.1, -0.05) is 30.3 Å². The van der Waals surface area contributed by atoms with Crippen molar-refractivity contribution in [2.45, 2.75) is 0 Å². The molecule has 2 aliphatic heterocycles. The molecule has 2 aromatic rings. The van der Waals surface area contributed by atoms with Gasteiger partial charge in [0.15, 0.2) is 5.78 Å². The lowest BCUT2D eigenvalue weighted by atomic mass is 10.1. The largest absolute Gasteiger partial charge is 0.336 e. The molecule has 0 N–H and O–H groups in total. The number of hydrogen-bond donors (Lipinski definition) is 0. The molecule has 31 heavy (non-hydrogen) atoms. The quantitative estimate of drug-likeness (QED) is 0.564. The Morgan fingerprint density at radius 2 is 1.42 bits per heavy atom. The second-order valence-corrected chi connectivity index (χ2v) is 7.77. The van der Waals surface area contributed by atoms with Gasteiger partial charge in [-0.15, -0.1) is 0 Å². The molecule has 158 valence electrons. The van der Waals surface area contributed by atoms with Crippen molar-refractivity contribution in [2.75, 3.05) is 56.6 Å². The molecule has 0 spiro atoms. The minimum absolute atomic E-state index is 0.0124. The topological polar surface area (TPSA) is 70.9 Å². The Bertz CT molecular complexity index is 1030. The van der Waals surface area contributed by atoms with Gasteiger partial charge >= 0.3 is 0 Å². The first-order chi connectivity index (χ1) is 15.0. The van der Waals surface area contributed by atoms with Gasteiger partial charge in [0.05, 0.1) is 17.9 Å². The fraction of sp³-hybridized carbons (Fsp3) is 0.292. The van der Waals surface area contributed by atoms with E-state index in [1.54, 1.807) is 0 Å². The van der Waals surface area contributed by atoms with Gasteiger partial charge in [0.2, 0.25) is 0 Å². The van der Waals surface area contributed by atoms with Crippen LogP contribution < -0.4 is 9.80 Å². The number of fused-ring (bicyclic) bond motifs is 1. The van der Waals surface area contributed by atoms with Crippen LogP contribution in [0.4, 0.5) is 11.4 Å². The Labute approximate surface area is 182 Å². The third kappa shape index (κ3) is 3.90. The zero-order valence-electron chi connectivity index (χ0n) is 17.8. The van der Waals surface area contributed by atoms with Crippen LogP contribution in [0.15, 0.2) is 66.0 Å². The highest BCUT2D eigenvalue weighted by molar-refractivity contribution is 6.03. The van der Waals surface area contributed by atoms with Gasteiger partial charge in [-0.2, -0.15) is 5.26 Å². The minimum atomic E-state index is -0.202. The lowest BCUT2D eigenvalue weighted by molar-refractivity contribution is -0.116. The van der Waals surface area contributed by atoms with Gasteiger partial charge in [-0.3, -0.25) is 14.5 Å². The highest BCUT2D eigenvalue weighted by Crippen LogP contribution is 2.40. The fourth-order valence-electron chi connectivity index (χ4n) is 4.21. The maximum Gasteiger partial charge on any atom is 0.253 e. The molecule has 1 saturated heterocycles. The van der Waals surface area contributed by atoms with Crippen molar-refractivity contribution < 1.29 is 9.59 Å². The van der Waals surface area contributed by atoms with Gasteiger partial charge in [0.1, 0.15) is 17.5 Å². The number of nitriles is 1. The summed E-state index contributed by atoms with van der Waals surface area (Å²) in [6.07, 6.45) is 0. The Hall–Kier alpha value is -3.63. The number of benzene rings is 2. The van der Waals surface area contributed by atoms with Gasteiger partial charge in [-0.25, -0.2) is 0 Å². The van der Waals surface area contributed by atoms with Crippen LogP contribution in [0, 0.1) is 11.3 Å². The first-order valence-corrected chi connectivity index (χ1v) is 10.3. The number of nitrogens with zero attached hydrogens (tertiary/aromatic N) is 5. The summed E-state index contributed by atoms with van der Waals surface area (Å²) in [5, 5.41) is 9.79. The zero-order chi connectivity index (χ0) is 22.0. The minimum Gasteiger partial charge on any atom is -0.336 e. The van der Waals surface area contributed by atoms with Crippen molar-refractivity contribution in [1.29, 1.82) is 5.26 Å². The van der Waals surface area contributed by atoms with E-state index in [2.05, 4.69) is 6.07 Å². The molecular formula is C24H25N5O2. The molecule has 2 aromatic carbocycles. The molecule has 0 saturated carbocycles. The number of ketones is 1. The van der Waals surface area contributed by atoms with Crippen molar-refractivity contribution >= 4 is 23.1 Å². The van der Waals surface area contributed by atoms with Crippen molar-refractivity contribution in [3.63, 3.8) is 0 Å². The van der Waals surface area contributed by atoms with Crippen LogP contribution in [0.3, 0.4) is 0 Å². The Morgan fingerprint density at radius 3 is 1.97 bits per heavy atom. The Morgan fingerprint density at radius 1 is 0.871 bits per heavy atom. The van der Waals surface area contributed by atoms with Gasteiger partial charge in [0.25, 0.3) is 5.91 Å². The predicted molar refractivity (Wildman–Crippen MR) is 120 cm³/mol. The zero-order valence-corrected chi connectivity index (χ0v) is 17.8. The number of carbonyl (C=O) groups is 2. The maximum absolute atomic E-state index is 13.1. The van der Waals surface area contributed by atoms with Crippen LogP contribution in [0.1, 0.15) is 10.4 Å². The number of rotatable bonds is 4. The van der Waals surface area contributed by atoms with Crippen molar-refractivity contribution in [3.8, 4) is 6.07 Å². The van der Waals surface area contributed by atoms with E-state index in [0.717, 1.165) is 11.4 Å². The SMILES string of the molecule is CN1C(=C(C#N)C(=O)CN2CCN(C(=O)c3ccccc3)CC2)N(C)c2ccccc21. The lowest BCUT2D eigenvalue weighted by Crippen LogP contribution is -2.50. The molecule has 1 amide bonds. The van der Waals surface area contributed by atoms with E-state index < -0.39 is 0 Å². The monoisotopic (exact) mass is 415 g/mol. The van der Waals surface area contributed by atoms with E-state index in [1.165, 1.54) is 0 Å². The summed E-state index contributed by atoms with van der Waals surface area (Å²) in [5.74, 6) is 0.414. The van der Waals surface area contributed by atoms with Crippen LogP contribution in [-0.2, 0) is 4.79 Å².